The van der Waals surface area contributed by atoms with Gasteiger partial charge in [0.05, 0.1) is 24.1 Å². The van der Waals surface area contributed by atoms with E-state index in [-0.39, 0.29) is 11.5 Å². The van der Waals surface area contributed by atoms with Gasteiger partial charge < -0.3 is 10.1 Å². The van der Waals surface area contributed by atoms with E-state index in [4.69, 9.17) is 17.0 Å². The molecule has 0 aliphatic carbocycles. The number of carbonyl (C=O) groups is 1. The molecule has 2 heterocycles. The van der Waals surface area contributed by atoms with Crippen molar-refractivity contribution in [3.63, 3.8) is 0 Å². The monoisotopic (exact) mass is 279 g/mol. The summed E-state index contributed by atoms with van der Waals surface area (Å²) in [5.74, 6) is -0.109. The molecule has 1 saturated heterocycles. The van der Waals surface area contributed by atoms with Crippen molar-refractivity contribution in [3.05, 3.63) is 24.5 Å². The first-order valence-corrected chi connectivity index (χ1v) is 6.48. The minimum absolute atomic E-state index is 0.109. The molecule has 1 atom stereocenters. The molecule has 5 nitrogen and oxygen atoms in total. The lowest BCUT2D eigenvalue weighted by molar-refractivity contribution is -0.121. The largest absolute Gasteiger partial charge is 0.373 e. The summed E-state index contributed by atoms with van der Waals surface area (Å²) >= 11 is 5.19. The van der Waals surface area contributed by atoms with Crippen LogP contribution in [0.5, 0.6) is 0 Å². The van der Waals surface area contributed by atoms with Crippen LogP contribution >= 0.6 is 12.2 Å². The second kappa shape index (κ2) is 5.22. The maximum atomic E-state index is 12.3. The van der Waals surface area contributed by atoms with Gasteiger partial charge in [0.2, 0.25) is 0 Å². The van der Waals surface area contributed by atoms with Crippen LogP contribution in [0, 0.1) is 0 Å². The average Bonchev–Trinajstić information content (AvgIpc) is 2.62. The molecule has 0 radical (unpaired) electrons. The normalized spacial score (nSPS) is 19.7. The molecule has 1 aliphatic rings. The van der Waals surface area contributed by atoms with Crippen molar-refractivity contribution >= 4 is 28.9 Å². The molecule has 1 aliphatic heterocycles. The van der Waals surface area contributed by atoms with Gasteiger partial charge in [-0.2, -0.15) is 0 Å². The summed E-state index contributed by atoms with van der Waals surface area (Å²) in [6.45, 7) is 6.14. The number of nitrogens with one attached hydrogen (secondary N) is 1. The number of pyridine rings is 1. The lowest BCUT2D eigenvalue weighted by atomic mass is 10.2. The molecule has 1 unspecified atom stereocenters. The predicted octanol–water partition coefficient (Wildman–Crippen LogP) is 1.49. The molecule has 1 aromatic heterocycles. The summed E-state index contributed by atoms with van der Waals surface area (Å²) in [6, 6.07) is 3.13. The van der Waals surface area contributed by atoms with Crippen molar-refractivity contribution in [1.29, 1.82) is 0 Å². The summed E-state index contributed by atoms with van der Waals surface area (Å²) < 4.78 is 5.63. The summed E-state index contributed by atoms with van der Waals surface area (Å²) in [5.41, 5.74) is 0.383. The number of carbonyl (C=O) groups excluding carboxylic acids is 1. The summed E-state index contributed by atoms with van der Waals surface area (Å²) in [4.78, 5) is 17.8. The van der Waals surface area contributed by atoms with Gasteiger partial charge in [0.1, 0.15) is 6.04 Å². The molecule has 2 rings (SSSR count). The fourth-order valence-corrected chi connectivity index (χ4v) is 2.05. The maximum absolute atomic E-state index is 12.3. The predicted molar refractivity (Wildman–Crippen MR) is 76.9 cm³/mol. The molecule has 1 N–H and O–H groups in total. The van der Waals surface area contributed by atoms with Crippen LogP contribution in [0.15, 0.2) is 24.5 Å². The topological polar surface area (TPSA) is 54.5 Å². The fraction of sp³-hybridized carbons (Fsp3) is 0.462. The minimum atomic E-state index is -0.438. The average molecular weight is 279 g/mol. The lowest BCUT2D eigenvalue weighted by Gasteiger charge is -2.21. The second-order valence-electron chi connectivity index (χ2n) is 5.31. The molecule has 6 heteroatoms. The van der Waals surface area contributed by atoms with E-state index in [1.54, 1.807) is 24.5 Å². The highest BCUT2D eigenvalue weighted by Gasteiger charge is 2.37. The van der Waals surface area contributed by atoms with Gasteiger partial charge in [0.15, 0.2) is 5.11 Å². The van der Waals surface area contributed by atoms with Crippen LogP contribution in [-0.2, 0) is 9.53 Å². The van der Waals surface area contributed by atoms with Crippen molar-refractivity contribution in [2.24, 2.45) is 0 Å². The fourth-order valence-electron chi connectivity index (χ4n) is 1.71. The zero-order valence-electron chi connectivity index (χ0n) is 11.2. The molecule has 0 aromatic carbocycles. The van der Waals surface area contributed by atoms with E-state index < -0.39 is 6.04 Å². The molecular weight excluding hydrogens is 262 g/mol. The van der Waals surface area contributed by atoms with E-state index in [2.05, 4.69) is 10.3 Å². The van der Waals surface area contributed by atoms with Gasteiger partial charge in [-0.15, -0.1) is 0 Å². The van der Waals surface area contributed by atoms with Crippen molar-refractivity contribution in [2.45, 2.75) is 32.4 Å². The first-order chi connectivity index (χ1) is 8.88. The van der Waals surface area contributed by atoms with E-state index in [0.29, 0.717) is 17.4 Å². The van der Waals surface area contributed by atoms with E-state index in [0.717, 1.165) is 0 Å². The van der Waals surface area contributed by atoms with Crippen molar-refractivity contribution < 1.29 is 9.53 Å². The molecular formula is C13H17N3O2S. The molecule has 0 spiro atoms. The van der Waals surface area contributed by atoms with E-state index in [1.807, 2.05) is 20.8 Å². The Morgan fingerprint density at radius 1 is 1.53 bits per heavy atom. The van der Waals surface area contributed by atoms with Crippen molar-refractivity contribution in [3.8, 4) is 0 Å². The van der Waals surface area contributed by atoms with Crippen LogP contribution < -0.4 is 10.2 Å². The molecule has 19 heavy (non-hydrogen) atoms. The number of nitrogens with zero attached hydrogens (tertiary/aromatic N) is 2. The molecule has 0 saturated carbocycles. The molecule has 102 valence electrons. The summed E-state index contributed by atoms with van der Waals surface area (Å²) in [5, 5.41) is 3.37. The van der Waals surface area contributed by atoms with E-state index >= 15 is 0 Å². The lowest BCUT2D eigenvalue weighted by Crippen LogP contribution is -2.37. The Bertz CT molecular complexity index is 484. The van der Waals surface area contributed by atoms with Crippen LogP contribution in [0.1, 0.15) is 20.8 Å². The Labute approximate surface area is 118 Å². The van der Waals surface area contributed by atoms with E-state index in [1.165, 1.54) is 4.90 Å². The summed E-state index contributed by atoms with van der Waals surface area (Å²) in [6.07, 6.45) is 3.26. The van der Waals surface area contributed by atoms with Crippen LogP contribution in [0.4, 0.5) is 5.69 Å². The Balaban J connectivity index is 2.09. The number of amides is 1. The van der Waals surface area contributed by atoms with Gasteiger partial charge in [0, 0.05) is 6.20 Å². The van der Waals surface area contributed by atoms with Crippen molar-refractivity contribution in [2.75, 3.05) is 11.5 Å². The van der Waals surface area contributed by atoms with Crippen LogP contribution in [0.25, 0.3) is 0 Å². The zero-order valence-corrected chi connectivity index (χ0v) is 12.0. The number of aromatic nitrogens is 1. The number of hydrogen-bond acceptors (Lipinski definition) is 4. The van der Waals surface area contributed by atoms with Gasteiger partial charge in [-0.3, -0.25) is 14.7 Å². The molecule has 1 aromatic rings. The van der Waals surface area contributed by atoms with Gasteiger partial charge in [-0.25, -0.2) is 0 Å². The highest BCUT2D eigenvalue weighted by Crippen LogP contribution is 2.19. The SMILES string of the molecule is CC(C)(C)OCC1NC(=S)N(c2cccnc2)C1=O. The van der Waals surface area contributed by atoms with Crippen molar-refractivity contribution in [1.82, 2.24) is 10.3 Å². The number of thiocarbonyl (C=S) groups is 1. The Morgan fingerprint density at radius 2 is 2.26 bits per heavy atom. The molecule has 0 bridgehead atoms. The number of ether oxygens (including phenoxy) is 1. The highest BCUT2D eigenvalue weighted by molar-refractivity contribution is 7.80. The number of rotatable bonds is 3. The summed E-state index contributed by atoms with van der Waals surface area (Å²) in [7, 11) is 0. The van der Waals surface area contributed by atoms with E-state index in [9.17, 15) is 4.79 Å². The molecule has 1 fully saturated rings. The first kappa shape index (κ1) is 13.9. The maximum Gasteiger partial charge on any atom is 0.258 e. The van der Waals surface area contributed by atoms with Gasteiger partial charge in [-0.1, -0.05) is 0 Å². The first-order valence-electron chi connectivity index (χ1n) is 6.07. The Morgan fingerprint density at radius 3 is 2.84 bits per heavy atom. The minimum Gasteiger partial charge on any atom is -0.373 e. The Hall–Kier alpha value is -1.53. The van der Waals surface area contributed by atoms with Gasteiger partial charge in [-0.05, 0) is 45.1 Å². The zero-order chi connectivity index (χ0) is 14.0. The third-order valence-corrected chi connectivity index (χ3v) is 2.91. The third kappa shape index (κ3) is 3.27. The highest BCUT2D eigenvalue weighted by atomic mass is 32.1. The van der Waals surface area contributed by atoms with Gasteiger partial charge in [0.25, 0.3) is 5.91 Å². The van der Waals surface area contributed by atoms with Gasteiger partial charge >= 0.3 is 0 Å². The third-order valence-electron chi connectivity index (χ3n) is 2.61. The standard InChI is InChI=1S/C13H17N3O2S/c1-13(2,3)18-8-10-11(17)16(12(19)15-10)9-5-4-6-14-7-9/h4-7,10H,8H2,1-3H3,(H,15,19). The van der Waals surface area contributed by atoms with Crippen LogP contribution in [-0.4, -0.2) is 34.3 Å². The number of anilines is 1. The second-order valence-corrected chi connectivity index (χ2v) is 5.70. The quantitative estimate of drug-likeness (QED) is 0.850. The number of hydrogen-bond donors (Lipinski definition) is 1. The molecule has 1 amide bonds. The smallest absolute Gasteiger partial charge is 0.258 e. The van der Waals surface area contributed by atoms with Crippen LogP contribution in [0.3, 0.4) is 0 Å². The Kier molecular flexibility index (Phi) is 3.82. The van der Waals surface area contributed by atoms with Crippen LogP contribution in [0.2, 0.25) is 0 Å².